The van der Waals surface area contributed by atoms with Crippen LogP contribution >= 0.6 is 0 Å². The van der Waals surface area contributed by atoms with Gasteiger partial charge in [0.05, 0.1) is 19.6 Å². The Kier molecular flexibility index (Phi) is 5.64. The van der Waals surface area contributed by atoms with Crippen molar-refractivity contribution in [3.63, 3.8) is 0 Å². The van der Waals surface area contributed by atoms with Crippen molar-refractivity contribution in [1.82, 2.24) is 4.90 Å². The summed E-state index contributed by atoms with van der Waals surface area (Å²) in [6.45, 7) is 2.22. The van der Waals surface area contributed by atoms with Gasteiger partial charge in [-0.1, -0.05) is 32.1 Å². The largest absolute Gasteiger partial charge is 0.481 e. The summed E-state index contributed by atoms with van der Waals surface area (Å²) in [7, 11) is 2.17. The van der Waals surface area contributed by atoms with Crippen molar-refractivity contribution in [2.75, 3.05) is 26.8 Å². The molecule has 1 N–H and O–H groups in total. The molecule has 2 aliphatic rings. The number of carboxylic acid groups (broad SMARTS) is 1. The second-order valence-electron chi connectivity index (χ2n) is 6.21. The number of hydrogen-bond donors (Lipinski definition) is 1. The van der Waals surface area contributed by atoms with Gasteiger partial charge in [0.1, 0.15) is 0 Å². The van der Waals surface area contributed by atoms with Crippen molar-refractivity contribution < 1.29 is 14.6 Å². The summed E-state index contributed by atoms with van der Waals surface area (Å²) in [5.41, 5.74) is 0. The zero-order valence-electron chi connectivity index (χ0n) is 12.0. The number of likely N-dealkylation sites (tertiary alicyclic amines) is 1. The highest BCUT2D eigenvalue weighted by molar-refractivity contribution is 5.66. The lowest BCUT2D eigenvalue weighted by Crippen LogP contribution is -2.29. The molecule has 0 radical (unpaired) electrons. The van der Waals surface area contributed by atoms with Crippen LogP contribution in [0.4, 0.5) is 0 Å². The van der Waals surface area contributed by atoms with Crippen LogP contribution in [-0.4, -0.2) is 48.8 Å². The number of hydrogen-bond acceptors (Lipinski definition) is 3. The Morgan fingerprint density at radius 2 is 2.00 bits per heavy atom. The van der Waals surface area contributed by atoms with Crippen LogP contribution in [0.3, 0.4) is 0 Å². The summed E-state index contributed by atoms with van der Waals surface area (Å²) < 4.78 is 5.51. The molecule has 0 amide bonds. The highest BCUT2D eigenvalue weighted by atomic mass is 16.5. The molecule has 1 aliphatic carbocycles. The van der Waals surface area contributed by atoms with Crippen molar-refractivity contribution in [1.29, 1.82) is 0 Å². The van der Waals surface area contributed by atoms with Crippen LogP contribution in [-0.2, 0) is 9.53 Å². The van der Waals surface area contributed by atoms with Gasteiger partial charge in [0.15, 0.2) is 0 Å². The topological polar surface area (TPSA) is 49.8 Å². The van der Waals surface area contributed by atoms with Crippen LogP contribution in [0.5, 0.6) is 0 Å². The van der Waals surface area contributed by atoms with Crippen LogP contribution in [0.2, 0.25) is 0 Å². The van der Waals surface area contributed by atoms with Gasteiger partial charge in [0, 0.05) is 12.6 Å². The molecule has 1 aliphatic heterocycles. The molecule has 1 saturated heterocycles. The maximum atomic E-state index is 10.4. The van der Waals surface area contributed by atoms with Crippen LogP contribution in [0.15, 0.2) is 0 Å². The Morgan fingerprint density at radius 1 is 1.26 bits per heavy atom. The first-order chi connectivity index (χ1) is 9.16. The summed E-state index contributed by atoms with van der Waals surface area (Å²) in [5.74, 6) is 0.971. The van der Waals surface area contributed by atoms with E-state index < -0.39 is 5.97 Å². The second kappa shape index (κ2) is 7.25. The lowest BCUT2D eigenvalue weighted by Gasteiger charge is -2.27. The number of likely N-dealkylation sites (N-methyl/N-ethyl adjacent to an activating group) is 1. The molecule has 1 unspecified atom stereocenters. The van der Waals surface area contributed by atoms with Gasteiger partial charge in [-0.15, -0.1) is 0 Å². The summed E-state index contributed by atoms with van der Waals surface area (Å²) in [5, 5.41) is 8.58. The summed E-state index contributed by atoms with van der Waals surface area (Å²) in [6, 6.07) is 0.487. The lowest BCUT2D eigenvalue weighted by molar-refractivity contribution is -0.138. The first kappa shape index (κ1) is 14.8. The summed E-state index contributed by atoms with van der Waals surface area (Å²) in [4.78, 5) is 12.8. The van der Waals surface area contributed by atoms with E-state index in [9.17, 15) is 4.79 Å². The molecule has 19 heavy (non-hydrogen) atoms. The zero-order chi connectivity index (χ0) is 13.7. The highest BCUT2D eigenvalue weighted by Gasteiger charge is 2.34. The van der Waals surface area contributed by atoms with Crippen molar-refractivity contribution in [3.05, 3.63) is 0 Å². The van der Waals surface area contributed by atoms with Crippen LogP contribution in [0.25, 0.3) is 0 Å². The Labute approximate surface area is 116 Å². The van der Waals surface area contributed by atoms with Gasteiger partial charge in [-0.3, -0.25) is 4.79 Å². The van der Waals surface area contributed by atoms with Gasteiger partial charge >= 0.3 is 5.97 Å². The predicted molar refractivity (Wildman–Crippen MR) is 74.2 cm³/mol. The molecule has 1 heterocycles. The SMILES string of the molecule is CN1CC(C2CCCCC2)C[C@H]1COCCC(=O)O. The quantitative estimate of drug-likeness (QED) is 0.752. The molecule has 4 heteroatoms. The van der Waals surface area contributed by atoms with Crippen molar-refractivity contribution in [2.24, 2.45) is 11.8 Å². The second-order valence-corrected chi connectivity index (χ2v) is 6.21. The third-order valence-electron chi connectivity index (χ3n) is 4.81. The molecule has 0 aromatic rings. The zero-order valence-corrected chi connectivity index (χ0v) is 12.0. The number of ether oxygens (including phenoxy) is 1. The Bertz CT molecular complexity index is 289. The molecule has 0 bridgehead atoms. The molecule has 2 atom stereocenters. The van der Waals surface area contributed by atoms with Crippen molar-refractivity contribution in [2.45, 2.75) is 51.0 Å². The Morgan fingerprint density at radius 3 is 2.68 bits per heavy atom. The maximum Gasteiger partial charge on any atom is 0.305 e. The molecular formula is C15H27NO3. The minimum absolute atomic E-state index is 0.114. The van der Waals surface area contributed by atoms with Gasteiger partial charge in [-0.25, -0.2) is 0 Å². The Hall–Kier alpha value is -0.610. The number of nitrogens with zero attached hydrogens (tertiary/aromatic N) is 1. The fourth-order valence-corrected chi connectivity index (χ4v) is 3.64. The number of carboxylic acids is 1. The fourth-order valence-electron chi connectivity index (χ4n) is 3.64. The van der Waals surface area contributed by atoms with Gasteiger partial charge in [0.25, 0.3) is 0 Å². The van der Waals surface area contributed by atoms with E-state index in [-0.39, 0.29) is 6.42 Å². The molecule has 1 saturated carbocycles. The van der Waals surface area contributed by atoms with Crippen molar-refractivity contribution in [3.8, 4) is 0 Å². The van der Waals surface area contributed by atoms with E-state index in [0.717, 1.165) is 11.8 Å². The molecule has 0 aromatic carbocycles. The summed E-state index contributed by atoms with van der Waals surface area (Å²) in [6.07, 6.45) is 8.39. The van der Waals surface area contributed by atoms with E-state index >= 15 is 0 Å². The highest BCUT2D eigenvalue weighted by Crippen LogP contribution is 2.36. The summed E-state index contributed by atoms with van der Waals surface area (Å²) >= 11 is 0. The molecule has 2 fully saturated rings. The average Bonchev–Trinajstić information content (AvgIpc) is 2.77. The van der Waals surface area contributed by atoms with E-state index in [1.54, 1.807) is 0 Å². The molecule has 0 spiro atoms. The first-order valence-electron chi connectivity index (χ1n) is 7.66. The van der Waals surface area contributed by atoms with E-state index in [0.29, 0.717) is 19.3 Å². The average molecular weight is 269 g/mol. The fraction of sp³-hybridized carbons (Fsp3) is 0.933. The van der Waals surface area contributed by atoms with Gasteiger partial charge in [0.2, 0.25) is 0 Å². The lowest BCUT2D eigenvalue weighted by atomic mass is 9.79. The number of aliphatic carboxylic acids is 1. The van der Waals surface area contributed by atoms with E-state index in [1.807, 2.05) is 0 Å². The smallest absolute Gasteiger partial charge is 0.305 e. The van der Waals surface area contributed by atoms with Crippen LogP contribution in [0.1, 0.15) is 44.9 Å². The van der Waals surface area contributed by atoms with Crippen molar-refractivity contribution >= 4 is 5.97 Å². The number of rotatable bonds is 6. The molecule has 110 valence electrons. The number of carbonyl (C=O) groups is 1. The van der Waals surface area contributed by atoms with Crippen LogP contribution < -0.4 is 0 Å². The first-order valence-corrected chi connectivity index (χ1v) is 7.66. The third-order valence-corrected chi connectivity index (χ3v) is 4.81. The minimum Gasteiger partial charge on any atom is -0.481 e. The van der Waals surface area contributed by atoms with E-state index in [4.69, 9.17) is 9.84 Å². The molecule has 4 nitrogen and oxygen atoms in total. The maximum absolute atomic E-state index is 10.4. The van der Waals surface area contributed by atoms with Gasteiger partial charge in [-0.05, 0) is 25.3 Å². The monoisotopic (exact) mass is 269 g/mol. The van der Waals surface area contributed by atoms with E-state index in [1.165, 1.54) is 45.1 Å². The molecule has 2 rings (SSSR count). The normalized spacial score (nSPS) is 29.7. The predicted octanol–water partition coefficient (Wildman–Crippen LogP) is 2.38. The third kappa shape index (κ3) is 4.46. The van der Waals surface area contributed by atoms with Gasteiger partial charge < -0.3 is 14.7 Å². The Balaban J connectivity index is 1.69. The standard InChI is InChI=1S/C15H27NO3/c1-16-10-13(12-5-3-2-4-6-12)9-14(16)11-19-8-7-15(17)18/h12-14H,2-11H2,1H3,(H,17,18)/t13?,14-/m0/s1. The molecular weight excluding hydrogens is 242 g/mol. The van der Waals surface area contributed by atoms with Crippen LogP contribution in [0, 0.1) is 11.8 Å². The molecule has 0 aromatic heterocycles. The van der Waals surface area contributed by atoms with E-state index in [2.05, 4.69) is 11.9 Å². The minimum atomic E-state index is -0.778. The van der Waals surface area contributed by atoms with Gasteiger partial charge in [-0.2, -0.15) is 0 Å².